The molecular formula is C38H52Cl2Zr. The molecule has 8 rings (SSSR count). The van der Waals surface area contributed by atoms with E-state index in [9.17, 15) is 0 Å². The van der Waals surface area contributed by atoms with Gasteiger partial charge in [0.1, 0.15) is 0 Å². The minimum atomic E-state index is -4.12. The molecule has 6 aliphatic carbocycles. The van der Waals surface area contributed by atoms with E-state index >= 15 is 0 Å². The van der Waals surface area contributed by atoms with Crippen LogP contribution < -0.4 is 3.27 Å². The summed E-state index contributed by atoms with van der Waals surface area (Å²) in [5.74, 6) is 2.84. The van der Waals surface area contributed by atoms with E-state index < -0.39 is 18.3 Å². The van der Waals surface area contributed by atoms with Crippen LogP contribution in [0, 0.1) is 17.8 Å². The Morgan fingerprint density at radius 2 is 1.39 bits per heavy atom. The van der Waals surface area contributed by atoms with E-state index in [2.05, 4.69) is 94.7 Å². The van der Waals surface area contributed by atoms with Crippen molar-refractivity contribution in [3.05, 3.63) is 74.1 Å². The van der Waals surface area contributed by atoms with Crippen LogP contribution in [0.5, 0.6) is 0 Å². The second kappa shape index (κ2) is 9.88. The molecule has 0 aliphatic heterocycles. The second-order valence-corrected chi connectivity index (χ2v) is 32.4. The summed E-state index contributed by atoms with van der Waals surface area (Å²) in [6.07, 6.45) is 18.5. The van der Waals surface area contributed by atoms with Crippen molar-refractivity contribution in [3.8, 4) is 11.1 Å². The number of rotatable bonds is 3. The fourth-order valence-electron chi connectivity index (χ4n) is 10.8. The van der Waals surface area contributed by atoms with Crippen molar-refractivity contribution in [3.63, 3.8) is 0 Å². The number of halogens is 2. The number of hydrogen-bond donors (Lipinski definition) is 0. The minimum absolute atomic E-state index is 0. The number of benzene rings is 2. The molecular weight excluding hydrogens is 619 g/mol. The van der Waals surface area contributed by atoms with E-state index in [1.165, 1.54) is 55.2 Å². The molecule has 0 saturated heterocycles. The van der Waals surface area contributed by atoms with Gasteiger partial charge >= 0.3 is 240 Å². The SMILES string of the molecule is Cl.Cl.[CH2]=[Zr]([CH3])([C]1=CC=CC1)([c]1c(C(C)(C)C)ccc2c1Cc1cc(C(C)(C)C)ccc1-2)[C]12CC3CC(CC(C3)C1)C2. The molecule has 4 saturated carbocycles. The monoisotopic (exact) mass is 668 g/mol. The summed E-state index contributed by atoms with van der Waals surface area (Å²) in [4.78, 5) is 0. The fraction of sp³-hybridized carbons (Fsp3) is 0.553. The predicted octanol–water partition coefficient (Wildman–Crippen LogP) is 10.7. The van der Waals surface area contributed by atoms with E-state index in [4.69, 9.17) is 4.21 Å². The van der Waals surface area contributed by atoms with E-state index in [1.54, 1.807) is 20.0 Å². The summed E-state index contributed by atoms with van der Waals surface area (Å²) in [6.45, 7) is 14.5. The predicted molar refractivity (Wildman–Crippen MR) is 182 cm³/mol. The van der Waals surface area contributed by atoms with Gasteiger partial charge in [-0.05, 0) is 0 Å². The van der Waals surface area contributed by atoms with E-state index in [0.717, 1.165) is 30.6 Å². The van der Waals surface area contributed by atoms with E-state index in [-0.39, 0.29) is 35.6 Å². The van der Waals surface area contributed by atoms with Gasteiger partial charge in [0.2, 0.25) is 0 Å². The molecule has 0 spiro atoms. The first kappa shape index (κ1) is 31.7. The zero-order chi connectivity index (χ0) is 27.6. The van der Waals surface area contributed by atoms with Gasteiger partial charge in [-0.15, -0.1) is 24.8 Å². The van der Waals surface area contributed by atoms with Gasteiger partial charge in [0.25, 0.3) is 0 Å². The summed E-state index contributed by atoms with van der Waals surface area (Å²) in [5.41, 5.74) is 9.60. The molecule has 4 bridgehead atoms. The summed E-state index contributed by atoms with van der Waals surface area (Å²) >= 11 is -4.12. The topological polar surface area (TPSA) is 0 Å². The van der Waals surface area contributed by atoms with Crippen LogP contribution in [0.15, 0.2) is 51.8 Å². The molecule has 3 heteroatoms. The Balaban J connectivity index is 0.00000169. The summed E-state index contributed by atoms with van der Waals surface area (Å²) in [6, 6.07) is 12.5. The molecule has 0 radical (unpaired) electrons. The molecule has 2 aromatic carbocycles. The van der Waals surface area contributed by atoms with Crippen LogP contribution in [0.1, 0.15) is 109 Å². The number of fused-ring (bicyclic) bond motifs is 3. The van der Waals surface area contributed by atoms with Gasteiger partial charge in [-0.25, -0.2) is 0 Å². The van der Waals surface area contributed by atoms with Crippen LogP contribution >= 0.6 is 24.8 Å². The van der Waals surface area contributed by atoms with Crippen LogP contribution in [0.4, 0.5) is 0 Å². The quantitative estimate of drug-likeness (QED) is 0.260. The maximum atomic E-state index is 5.82. The molecule has 0 aromatic heterocycles. The van der Waals surface area contributed by atoms with Crippen LogP contribution in [-0.2, 0) is 35.5 Å². The standard InChI is InChI=1S/C21H25.C10H15.C5H5.CH3.CH2.2ClH.Zr/c1-20(2,3)16-7-9-18-14(12-16)11-15-13-17(21(4,5)6)8-10-19(15)18;1-7-2-9-4-8(1)5-10(3-7)6-9;1-2-4-5-3-1;;;;;/h7-10,12H,11H2,1-6H3;7-9H,1-6H2;1-3H,4H2;1H3;1H2;2*1H;. The molecule has 0 amide bonds. The molecule has 0 unspecified atom stereocenters. The summed E-state index contributed by atoms with van der Waals surface area (Å²) < 4.78 is 12.7. The molecule has 0 atom stereocenters. The maximum absolute atomic E-state index is 5.82. The average molecular weight is 671 g/mol. The molecule has 6 aliphatic rings. The van der Waals surface area contributed by atoms with Crippen molar-refractivity contribution < 1.29 is 18.3 Å². The van der Waals surface area contributed by atoms with Crippen LogP contribution in [0.3, 0.4) is 0 Å². The normalized spacial score (nSPS) is 28.1. The van der Waals surface area contributed by atoms with Crippen LogP contribution in [-0.4, -0.2) is 4.21 Å². The van der Waals surface area contributed by atoms with Gasteiger partial charge in [0.05, 0.1) is 0 Å². The third-order valence-electron chi connectivity index (χ3n) is 12.5. The van der Waals surface area contributed by atoms with Crippen LogP contribution in [0.2, 0.25) is 7.75 Å². The van der Waals surface area contributed by atoms with Crippen molar-refractivity contribution in [2.24, 2.45) is 17.8 Å². The molecule has 222 valence electrons. The first-order valence-corrected chi connectivity index (χ1v) is 23.8. The third-order valence-corrected chi connectivity index (χ3v) is 31.0. The Labute approximate surface area is 263 Å². The summed E-state index contributed by atoms with van der Waals surface area (Å²) in [7, 11) is 0. The fourth-order valence-corrected chi connectivity index (χ4v) is 29.2. The average Bonchev–Trinajstić information content (AvgIpc) is 3.50. The van der Waals surface area contributed by atoms with E-state index in [1.807, 2.05) is 3.27 Å². The Morgan fingerprint density at radius 1 is 0.805 bits per heavy atom. The zero-order valence-corrected chi connectivity index (χ0v) is 30.6. The first-order valence-electron chi connectivity index (χ1n) is 15.9. The number of hydrogen-bond acceptors (Lipinski definition) is 0. The molecule has 2 aromatic rings. The van der Waals surface area contributed by atoms with Gasteiger partial charge in [-0.1, -0.05) is 0 Å². The Kier molecular flexibility index (Phi) is 7.63. The van der Waals surface area contributed by atoms with Crippen LogP contribution in [0.25, 0.3) is 11.1 Å². The molecule has 0 nitrogen and oxygen atoms in total. The second-order valence-electron chi connectivity index (χ2n) is 17.1. The van der Waals surface area contributed by atoms with Crippen molar-refractivity contribution in [2.45, 2.75) is 111 Å². The third kappa shape index (κ3) is 4.40. The zero-order valence-electron chi connectivity index (χ0n) is 26.5. The number of allylic oxidation sites excluding steroid dienone is 4. The van der Waals surface area contributed by atoms with Crippen molar-refractivity contribution >= 4 is 32.3 Å². The Morgan fingerprint density at radius 3 is 1.90 bits per heavy atom. The Hall–Kier alpha value is -0.747. The van der Waals surface area contributed by atoms with Gasteiger partial charge in [0, 0.05) is 0 Å². The first-order chi connectivity index (χ1) is 18.2. The van der Waals surface area contributed by atoms with Crippen molar-refractivity contribution in [1.29, 1.82) is 0 Å². The van der Waals surface area contributed by atoms with Crippen molar-refractivity contribution in [2.75, 3.05) is 0 Å². The van der Waals surface area contributed by atoms with Gasteiger partial charge in [0.15, 0.2) is 0 Å². The van der Waals surface area contributed by atoms with Crippen molar-refractivity contribution in [1.82, 2.24) is 0 Å². The summed E-state index contributed by atoms with van der Waals surface area (Å²) in [5, 5.41) is 0. The molecule has 0 heterocycles. The van der Waals surface area contributed by atoms with E-state index in [0.29, 0.717) is 3.12 Å². The van der Waals surface area contributed by atoms with Gasteiger partial charge in [-0.3, -0.25) is 0 Å². The Bertz CT molecular complexity index is 1490. The molecule has 41 heavy (non-hydrogen) atoms. The van der Waals surface area contributed by atoms with Gasteiger partial charge < -0.3 is 0 Å². The molecule has 4 fully saturated rings. The van der Waals surface area contributed by atoms with Gasteiger partial charge in [-0.2, -0.15) is 0 Å². The molecule has 0 N–H and O–H groups in total.